The van der Waals surface area contributed by atoms with Crippen LogP contribution in [0.5, 0.6) is 5.75 Å². The fourth-order valence-corrected chi connectivity index (χ4v) is 2.46. The molecule has 3 aromatic rings. The fraction of sp³-hybridized carbons (Fsp3) is 0.0556. The van der Waals surface area contributed by atoms with Crippen molar-refractivity contribution < 1.29 is 19.2 Å². The quantitative estimate of drug-likeness (QED) is 0.443. The predicted molar refractivity (Wildman–Crippen MR) is 101 cm³/mol. The monoisotopic (exact) mass is 381 g/mol. The topological polar surface area (TPSA) is 139 Å². The van der Waals surface area contributed by atoms with E-state index in [-0.39, 0.29) is 22.8 Å². The molecule has 0 spiro atoms. The maximum absolute atomic E-state index is 12.6. The summed E-state index contributed by atoms with van der Waals surface area (Å²) in [6, 6.07) is 12.2. The Hall–Kier alpha value is -4.21. The van der Waals surface area contributed by atoms with Crippen LogP contribution in [0.1, 0.15) is 21.0 Å². The minimum absolute atomic E-state index is 0.0613. The number of nitro groups is 1. The van der Waals surface area contributed by atoms with Crippen LogP contribution < -0.4 is 15.4 Å². The van der Waals surface area contributed by atoms with Gasteiger partial charge in [-0.05, 0) is 18.2 Å². The zero-order valence-corrected chi connectivity index (χ0v) is 14.6. The number of nitro benzene ring substituents is 1. The highest BCUT2D eigenvalue weighted by atomic mass is 16.6. The smallest absolute Gasteiger partial charge is 0.276 e. The number of para-hydroxylation sites is 2. The number of nitrogens with zero attached hydrogens (tertiary/aromatic N) is 2. The summed E-state index contributed by atoms with van der Waals surface area (Å²) >= 11 is 0. The van der Waals surface area contributed by atoms with Crippen molar-refractivity contribution in [2.45, 2.75) is 0 Å². The van der Waals surface area contributed by atoms with Gasteiger partial charge in [-0.2, -0.15) is 0 Å². The average molecular weight is 381 g/mol. The van der Waals surface area contributed by atoms with Crippen molar-refractivity contribution in [3.05, 3.63) is 76.4 Å². The first-order chi connectivity index (χ1) is 13.5. The van der Waals surface area contributed by atoms with E-state index >= 15 is 0 Å². The van der Waals surface area contributed by atoms with Crippen molar-refractivity contribution in [1.82, 2.24) is 9.97 Å². The number of hydrogen-bond acceptors (Lipinski definition) is 6. The molecule has 3 N–H and O–H groups in total. The van der Waals surface area contributed by atoms with Gasteiger partial charge in [0.2, 0.25) is 0 Å². The molecule has 1 aromatic heterocycles. The minimum Gasteiger partial charge on any atom is -0.495 e. The zero-order chi connectivity index (χ0) is 20.1. The molecular formula is C18H15N5O5. The number of ether oxygens (including phenoxy) is 1. The molecule has 0 saturated heterocycles. The molecule has 0 fully saturated rings. The van der Waals surface area contributed by atoms with Crippen molar-refractivity contribution in [1.29, 1.82) is 0 Å². The number of carbonyl (C=O) groups excluding carboxylic acids is 2. The highest BCUT2D eigenvalue weighted by molar-refractivity contribution is 6.13. The van der Waals surface area contributed by atoms with E-state index in [2.05, 4.69) is 20.6 Å². The summed E-state index contributed by atoms with van der Waals surface area (Å²) < 4.78 is 5.18. The molecule has 1 heterocycles. The van der Waals surface area contributed by atoms with Gasteiger partial charge in [0.1, 0.15) is 11.4 Å². The number of anilines is 2. The molecule has 0 aliphatic heterocycles. The number of non-ortho nitro benzene ring substituents is 1. The van der Waals surface area contributed by atoms with Gasteiger partial charge in [-0.1, -0.05) is 18.2 Å². The third-order valence-electron chi connectivity index (χ3n) is 3.75. The summed E-state index contributed by atoms with van der Waals surface area (Å²) in [4.78, 5) is 41.8. The summed E-state index contributed by atoms with van der Waals surface area (Å²) in [7, 11) is 1.47. The van der Waals surface area contributed by atoms with Crippen molar-refractivity contribution >= 4 is 28.9 Å². The van der Waals surface area contributed by atoms with Crippen LogP contribution in [0, 0.1) is 10.1 Å². The first-order valence-corrected chi connectivity index (χ1v) is 8.03. The third-order valence-corrected chi connectivity index (χ3v) is 3.75. The largest absolute Gasteiger partial charge is 0.495 e. The lowest BCUT2D eigenvalue weighted by atomic mass is 10.2. The predicted octanol–water partition coefficient (Wildman–Crippen LogP) is 2.83. The molecular weight excluding hydrogens is 366 g/mol. The first-order valence-electron chi connectivity index (χ1n) is 8.03. The summed E-state index contributed by atoms with van der Waals surface area (Å²) in [6.45, 7) is 0. The van der Waals surface area contributed by atoms with Gasteiger partial charge < -0.3 is 20.4 Å². The van der Waals surface area contributed by atoms with E-state index in [1.807, 2.05) is 0 Å². The second-order valence-electron chi connectivity index (χ2n) is 5.54. The van der Waals surface area contributed by atoms with Crippen LogP contribution >= 0.6 is 0 Å². The Morgan fingerprint density at radius 1 is 1.11 bits per heavy atom. The van der Waals surface area contributed by atoms with Crippen LogP contribution in [0.15, 0.2) is 54.9 Å². The second-order valence-corrected chi connectivity index (χ2v) is 5.54. The molecule has 0 unspecified atom stereocenters. The Kier molecular flexibility index (Phi) is 5.30. The van der Waals surface area contributed by atoms with Crippen LogP contribution in [-0.2, 0) is 0 Å². The van der Waals surface area contributed by atoms with Crippen LogP contribution in [0.3, 0.4) is 0 Å². The Morgan fingerprint density at radius 2 is 1.89 bits per heavy atom. The third kappa shape index (κ3) is 3.96. The van der Waals surface area contributed by atoms with Gasteiger partial charge in [0.25, 0.3) is 17.5 Å². The van der Waals surface area contributed by atoms with Crippen LogP contribution in [-0.4, -0.2) is 33.8 Å². The number of H-pyrrole nitrogens is 1. The number of methoxy groups -OCH3 is 1. The number of hydrogen-bond donors (Lipinski definition) is 3. The number of carbonyl (C=O) groups is 2. The number of imidazole rings is 1. The van der Waals surface area contributed by atoms with E-state index in [1.165, 1.54) is 37.7 Å². The van der Waals surface area contributed by atoms with Crippen molar-refractivity contribution in [2.75, 3.05) is 17.7 Å². The van der Waals surface area contributed by atoms with E-state index in [0.717, 1.165) is 0 Å². The molecule has 0 aliphatic rings. The summed E-state index contributed by atoms with van der Waals surface area (Å²) in [5.74, 6) is -0.823. The van der Waals surface area contributed by atoms with Crippen LogP contribution in [0.2, 0.25) is 0 Å². The lowest BCUT2D eigenvalue weighted by molar-refractivity contribution is -0.384. The van der Waals surface area contributed by atoms with Gasteiger partial charge in [0.05, 0.1) is 24.0 Å². The standard InChI is InChI=1S/C18H15N5O5/c1-28-14-8-3-2-7-13(14)22-18(25)16-15(19-10-20-16)17(24)21-11-5-4-6-12(9-11)23(26)27/h2-10H,1H3,(H,19,20)(H,21,24)(H,22,25). The van der Waals surface area contributed by atoms with Gasteiger partial charge in [0, 0.05) is 17.8 Å². The molecule has 10 nitrogen and oxygen atoms in total. The van der Waals surface area contributed by atoms with Gasteiger partial charge in [-0.25, -0.2) is 4.98 Å². The highest BCUT2D eigenvalue weighted by Crippen LogP contribution is 2.24. The lowest BCUT2D eigenvalue weighted by Crippen LogP contribution is -2.20. The second kappa shape index (κ2) is 7.99. The summed E-state index contributed by atoms with van der Waals surface area (Å²) in [6.07, 6.45) is 1.21. The number of rotatable bonds is 6. The molecule has 3 rings (SSSR count). The average Bonchev–Trinajstić information content (AvgIpc) is 3.19. The molecule has 0 bridgehead atoms. The highest BCUT2D eigenvalue weighted by Gasteiger charge is 2.22. The Bertz CT molecular complexity index is 1050. The van der Waals surface area contributed by atoms with E-state index in [1.54, 1.807) is 24.3 Å². The Morgan fingerprint density at radius 3 is 2.64 bits per heavy atom. The van der Waals surface area contributed by atoms with Gasteiger partial charge >= 0.3 is 0 Å². The molecule has 0 aliphatic carbocycles. The molecule has 28 heavy (non-hydrogen) atoms. The SMILES string of the molecule is COc1ccccc1NC(=O)c1[nH]cnc1C(=O)Nc1cccc([N+](=O)[O-])c1. The Balaban J connectivity index is 1.79. The molecule has 2 amide bonds. The van der Waals surface area contributed by atoms with Crippen molar-refractivity contribution in [3.8, 4) is 5.75 Å². The van der Waals surface area contributed by atoms with E-state index in [9.17, 15) is 19.7 Å². The summed E-state index contributed by atoms with van der Waals surface area (Å²) in [5, 5.41) is 16.0. The molecule has 10 heteroatoms. The number of amides is 2. The molecule has 2 aromatic carbocycles. The number of aromatic nitrogens is 2. The molecule has 0 atom stereocenters. The molecule has 142 valence electrons. The number of aromatic amines is 1. The first kappa shape index (κ1) is 18.6. The summed E-state index contributed by atoms with van der Waals surface area (Å²) in [5.41, 5.74) is 0.245. The van der Waals surface area contributed by atoms with E-state index in [0.29, 0.717) is 11.4 Å². The zero-order valence-electron chi connectivity index (χ0n) is 14.6. The van der Waals surface area contributed by atoms with Crippen LogP contribution in [0.4, 0.5) is 17.1 Å². The van der Waals surface area contributed by atoms with Gasteiger partial charge in [0.15, 0.2) is 5.69 Å². The minimum atomic E-state index is -0.688. The molecule has 0 saturated carbocycles. The van der Waals surface area contributed by atoms with Gasteiger partial charge in [-0.15, -0.1) is 0 Å². The van der Waals surface area contributed by atoms with Crippen LogP contribution in [0.25, 0.3) is 0 Å². The number of benzene rings is 2. The lowest BCUT2D eigenvalue weighted by Gasteiger charge is -2.10. The molecule has 0 radical (unpaired) electrons. The number of nitrogens with one attached hydrogen (secondary N) is 3. The Labute approximate surface area is 158 Å². The van der Waals surface area contributed by atoms with E-state index in [4.69, 9.17) is 4.74 Å². The van der Waals surface area contributed by atoms with Crippen molar-refractivity contribution in [2.24, 2.45) is 0 Å². The van der Waals surface area contributed by atoms with Gasteiger partial charge in [-0.3, -0.25) is 19.7 Å². The van der Waals surface area contributed by atoms with Crippen molar-refractivity contribution in [3.63, 3.8) is 0 Å². The maximum atomic E-state index is 12.6. The normalized spacial score (nSPS) is 10.2. The fourth-order valence-electron chi connectivity index (χ4n) is 2.46. The van der Waals surface area contributed by atoms with E-state index < -0.39 is 16.7 Å². The maximum Gasteiger partial charge on any atom is 0.276 e.